The Labute approximate surface area is 128 Å². The fourth-order valence-corrected chi connectivity index (χ4v) is 2.52. The monoisotopic (exact) mass is 309 g/mol. The molecular formula is C16H20FNO4. The van der Waals surface area contributed by atoms with Crippen molar-refractivity contribution in [1.29, 1.82) is 0 Å². The molecule has 5 nitrogen and oxygen atoms in total. The van der Waals surface area contributed by atoms with Crippen LogP contribution < -0.4 is 10.1 Å². The van der Waals surface area contributed by atoms with Gasteiger partial charge in [0.25, 0.3) is 5.91 Å². The Balaban J connectivity index is 1.75. The molecule has 1 aliphatic carbocycles. The number of rotatable bonds is 6. The normalized spacial score (nSPS) is 14.6. The van der Waals surface area contributed by atoms with Crippen molar-refractivity contribution in [3.8, 4) is 5.75 Å². The van der Waals surface area contributed by atoms with Crippen molar-refractivity contribution in [2.75, 3.05) is 13.7 Å². The average molecular weight is 309 g/mol. The van der Waals surface area contributed by atoms with Gasteiger partial charge in [-0.15, -0.1) is 0 Å². The summed E-state index contributed by atoms with van der Waals surface area (Å²) in [5, 5.41) is 2.83. The molecule has 0 radical (unpaired) electrons. The molecule has 2 rings (SSSR count). The van der Waals surface area contributed by atoms with E-state index in [1.54, 1.807) is 6.07 Å². The van der Waals surface area contributed by atoms with E-state index in [-0.39, 0.29) is 30.7 Å². The lowest BCUT2D eigenvalue weighted by Crippen LogP contribution is -2.36. The molecular weight excluding hydrogens is 289 g/mol. The van der Waals surface area contributed by atoms with E-state index in [1.807, 2.05) is 0 Å². The molecule has 22 heavy (non-hydrogen) atoms. The molecule has 6 heteroatoms. The zero-order valence-corrected chi connectivity index (χ0v) is 12.6. The van der Waals surface area contributed by atoms with E-state index in [1.165, 1.54) is 19.2 Å². The van der Waals surface area contributed by atoms with E-state index in [9.17, 15) is 14.0 Å². The lowest BCUT2D eigenvalue weighted by atomic mass is 10.1. The summed E-state index contributed by atoms with van der Waals surface area (Å²) >= 11 is 0. The number of carbonyl (C=O) groups is 2. The number of nitrogens with one attached hydrogen (secondary N) is 1. The van der Waals surface area contributed by atoms with Crippen LogP contribution in [0.2, 0.25) is 0 Å². The zero-order valence-electron chi connectivity index (χ0n) is 12.6. The second kappa shape index (κ2) is 7.77. The van der Waals surface area contributed by atoms with E-state index >= 15 is 0 Å². The van der Waals surface area contributed by atoms with Gasteiger partial charge in [0.2, 0.25) is 0 Å². The molecule has 0 unspecified atom stereocenters. The van der Waals surface area contributed by atoms with Gasteiger partial charge in [-0.3, -0.25) is 9.59 Å². The van der Waals surface area contributed by atoms with Crippen LogP contribution in [0.15, 0.2) is 18.2 Å². The van der Waals surface area contributed by atoms with Gasteiger partial charge < -0.3 is 14.8 Å². The van der Waals surface area contributed by atoms with Gasteiger partial charge in [0.15, 0.2) is 18.2 Å². The van der Waals surface area contributed by atoms with Crippen molar-refractivity contribution in [2.45, 2.75) is 38.1 Å². The van der Waals surface area contributed by atoms with E-state index in [2.05, 4.69) is 5.32 Å². The third-order valence-corrected chi connectivity index (χ3v) is 3.65. The minimum atomic E-state index is -0.564. The molecule has 1 N–H and O–H groups in total. The van der Waals surface area contributed by atoms with Crippen LogP contribution >= 0.6 is 0 Å². The SMILES string of the molecule is COc1ccc(CC(=O)OCC(=O)NC2CCCC2)cc1F. The number of halogens is 1. The maximum absolute atomic E-state index is 13.5. The predicted molar refractivity (Wildman–Crippen MR) is 78.0 cm³/mol. The summed E-state index contributed by atoms with van der Waals surface area (Å²) < 4.78 is 23.2. The molecule has 0 bridgehead atoms. The van der Waals surface area contributed by atoms with Crippen LogP contribution in [0.25, 0.3) is 0 Å². The molecule has 0 spiro atoms. The highest BCUT2D eigenvalue weighted by Gasteiger charge is 2.18. The highest BCUT2D eigenvalue weighted by Crippen LogP contribution is 2.18. The average Bonchev–Trinajstić information content (AvgIpc) is 2.98. The van der Waals surface area contributed by atoms with Crippen molar-refractivity contribution >= 4 is 11.9 Å². The number of carbonyl (C=O) groups excluding carboxylic acids is 2. The third-order valence-electron chi connectivity index (χ3n) is 3.65. The van der Waals surface area contributed by atoms with Gasteiger partial charge in [-0.2, -0.15) is 0 Å². The minimum absolute atomic E-state index is 0.0857. The van der Waals surface area contributed by atoms with Crippen LogP contribution in [0.5, 0.6) is 5.75 Å². The highest BCUT2D eigenvalue weighted by molar-refractivity contribution is 5.81. The van der Waals surface area contributed by atoms with Crippen molar-refractivity contribution in [1.82, 2.24) is 5.32 Å². The van der Waals surface area contributed by atoms with Crippen LogP contribution in [0.3, 0.4) is 0 Å². The molecule has 0 aromatic heterocycles. The number of methoxy groups -OCH3 is 1. The molecule has 1 amide bonds. The maximum Gasteiger partial charge on any atom is 0.310 e. The molecule has 0 aliphatic heterocycles. The smallest absolute Gasteiger partial charge is 0.310 e. The molecule has 1 fully saturated rings. The first kappa shape index (κ1) is 16.3. The fourth-order valence-electron chi connectivity index (χ4n) is 2.52. The number of amides is 1. The zero-order chi connectivity index (χ0) is 15.9. The van der Waals surface area contributed by atoms with Crippen molar-refractivity contribution < 1.29 is 23.5 Å². The second-order valence-corrected chi connectivity index (χ2v) is 5.36. The summed E-state index contributed by atoms with van der Waals surface area (Å²) in [7, 11) is 1.37. The summed E-state index contributed by atoms with van der Waals surface area (Å²) in [4.78, 5) is 23.3. The Kier molecular flexibility index (Phi) is 5.75. The van der Waals surface area contributed by atoms with Crippen LogP contribution in [-0.4, -0.2) is 31.6 Å². The molecule has 0 atom stereocenters. The molecule has 120 valence electrons. The van der Waals surface area contributed by atoms with Crippen molar-refractivity contribution in [3.63, 3.8) is 0 Å². The molecule has 1 aliphatic rings. The molecule has 1 aromatic carbocycles. The lowest BCUT2D eigenvalue weighted by Gasteiger charge is -2.12. The summed E-state index contributed by atoms with van der Waals surface area (Å²) in [6, 6.07) is 4.45. The number of benzene rings is 1. The van der Waals surface area contributed by atoms with Crippen LogP contribution in [-0.2, 0) is 20.7 Å². The predicted octanol–water partition coefficient (Wildman–Crippen LogP) is 1.98. The Morgan fingerprint density at radius 2 is 2.05 bits per heavy atom. The first-order chi connectivity index (χ1) is 10.6. The van der Waals surface area contributed by atoms with Crippen LogP contribution in [0.1, 0.15) is 31.2 Å². The van der Waals surface area contributed by atoms with Crippen molar-refractivity contribution in [3.05, 3.63) is 29.6 Å². The number of ether oxygens (including phenoxy) is 2. The van der Waals surface area contributed by atoms with Gasteiger partial charge in [-0.1, -0.05) is 18.9 Å². The molecule has 0 heterocycles. The summed E-state index contributed by atoms with van der Waals surface area (Å²) in [6.45, 7) is -0.298. The topological polar surface area (TPSA) is 64.6 Å². The van der Waals surface area contributed by atoms with E-state index in [0.29, 0.717) is 5.56 Å². The third kappa shape index (κ3) is 4.72. The molecule has 1 aromatic rings. The Hall–Kier alpha value is -2.11. The number of esters is 1. The Morgan fingerprint density at radius 1 is 1.32 bits per heavy atom. The van der Waals surface area contributed by atoms with Gasteiger partial charge in [0.05, 0.1) is 13.5 Å². The quantitative estimate of drug-likeness (QED) is 0.816. The van der Waals surface area contributed by atoms with Crippen LogP contribution in [0, 0.1) is 5.82 Å². The summed E-state index contributed by atoms with van der Waals surface area (Å²) in [5.74, 6) is -1.27. The van der Waals surface area contributed by atoms with E-state index < -0.39 is 11.8 Å². The van der Waals surface area contributed by atoms with E-state index in [0.717, 1.165) is 25.7 Å². The highest BCUT2D eigenvalue weighted by atomic mass is 19.1. The summed E-state index contributed by atoms with van der Waals surface area (Å²) in [5.41, 5.74) is 0.472. The first-order valence-electron chi connectivity index (χ1n) is 7.36. The first-order valence-corrected chi connectivity index (χ1v) is 7.36. The molecule has 0 saturated heterocycles. The minimum Gasteiger partial charge on any atom is -0.494 e. The molecule has 1 saturated carbocycles. The largest absolute Gasteiger partial charge is 0.494 e. The Bertz CT molecular complexity index is 541. The van der Waals surface area contributed by atoms with Gasteiger partial charge in [-0.25, -0.2) is 4.39 Å². The van der Waals surface area contributed by atoms with Gasteiger partial charge >= 0.3 is 5.97 Å². The van der Waals surface area contributed by atoms with Gasteiger partial charge in [0.1, 0.15) is 0 Å². The maximum atomic E-state index is 13.5. The van der Waals surface area contributed by atoms with Gasteiger partial charge in [-0.05, 0) is 30.5 Å². The van der Waals surface area contributed by atoms with E-state index in [4.69, 9.17) is 9.47 Å². The van der Waals surface area contributed by atoms with Crippen LogP contribution in [0.4, 0.5) is 4.39 Å². The summed E-state index contributed by atoms with van der Waals surface area (Å²) in [6.07, 6.45) is 4.11. The van der Waals surface area contributed by atoms with Gasteiger partial charge in [0, 0.05) is 6.04 Å². The standard InChI is InChI=1S/C16H20FNO4/c1-21-14-7-6-11(8-13(14)17)9-16(20)22-10-15(19)18-12-4-2-3-5-12/h6-8,12H,2-5,9-10H2,1H3,(H,18,19). The van der Waals surface area contributed by atoms with Crippen molar-refractivity contribution in [2.24, 2.45) is 0 Å². The lowest BCUT2D eigenvalue weighted by molar-refractivity contribution is -0.148. The number of hydrogen-bond acceptors (Lipinski definition) is 4. The second-order valence-electron chi connectivity index (χ2n) is 5.36. The fraction of sp³-hybridized carbons (Fsp3) is 0.500. The number of hydrogen-bond donors (Lipinski definition) is 1. The Morgan fingerprint density at radius 3 is 2.68 bits per heavy atom.